The third kappa shape index (κ3) is 2.78. The van der Waals surface area contributed by atoms with Crippen LogP contribution in [0, 0.1) is 10.1 Å². The Morgan fingerprint density at radius 2 is 2.33 bits per heavy atom. The minimum Gasteiger partial charge on any atom is -0.378 e. The van der Waals surface area contributed by atoms with Crippen molar-refractivity contribution >= 4 is 34.8 Å². The van der Waals surface area contributed by atoms with Gasteiger partial charge in [-0.05, 0) is 6.07 Å². The highest BCUT2D eigenvalue weighted by atomic mass is 35.5. The molecule has 1 aromatic heterocycles. The van der Waals surface area contributed by atoms with Crippen molar-refractivity contribution in [3.63, 3.8) is 0 Å². The number of nitrogens with zero attached hydrogens (tertiary/aromatic N) is 2. The van der Waals surface area contributed by atoms with Crippen LogP contribution in [0.4, 0.5) is 17.3 Å². The van der Waals surface area contributed by atoms with Crippen molar-refractivity contribution in [3.8, 4) is 0 Å². The third-order valence-electron chi connectivity index (χ3n) is 1.49. The van der Waals surface area contributed by atoms with Gasteiger partial charge in [-0.15, -0.1) is 11.6 Å². The van der Waals surface area contributed by atoms with Gasteiger partial charge in [-0.2, -0.15) is 0 Å². The average molecular weight is 231 g/mol. The van der Waals surface area contributed by atoms with Gasteiger partial charge in [0.1, 0.15) is 11.7 Å². The fraction of sp³-hybridized carbons (Fsp3) is 0.143. The zero-order valence-electron chi connectivity index (χ0n) is 7.44. The molecule has 0 fully saturated rings. The van der Waals surface area contributed by atoms with Gasteiger partial charge in [-0.3, -0.25) is 14.9 Å². The van der Waals surface area contributed by atoms with Gasteiger partial charge >= 0.3 is 5.69 Å². The van der Waals surface area contributed by atoms with Crippen molar-refractivity contribution in [3.05, 3.63) is 22.2 Å². The summed E-state index contributed by atoms with van der Waals surface area (Å²) in [7, 11) is 0. The number of aromatic nitrogens is 1. The van der Waals surface area contributed by atoms with E-state index in [4.69, 9.17) is 17.3 Å². The Bertz CT molecular complexity index is 409. The number of alkyl halides is 1. The number of amides is 1. The minimum absolute atomic E-state index is 0.128. The van der Waals surface area contributed by atoms with Crippen molar-refractivity contribution in [1.82, 2.24) is 4.98 Å². The number of hydrogen-bond donors (Lipinski definition) is 2. The molecule has 0 aliphatic heterocycles. The first-order valence-electron chi connectivity index (χ1n) is 3.81. The largest absolute Gasteiger partial charge is 0.378 e. The maximum atomic E-state index is 10.9. The van der Waals surface area contributed by atoms with Gasteiger partial charge in [0.2, 0.25) is 11.7 Å². The van der Waals surface area contributed by atoms with E-state index in [-0.39, 0.29) is 23.2 Å². The molecule has 1 amide bonds. The van der Waals surface area contributed by atoms with E-state index in [1.165, 1.54) is 6.07 Å². The summed E-state index contributed by atoms with van der Waals surface area (Å²) in [5.41, 5.74) is 5.00. The van der Waals surface area contributed by atoms with Gasteiger partial charge in [0, 0.05) is 6.07 Å². The number of nitrogen functional groups attached to an aromatic ring is 1. The lowest BCUT2D eigenvalue weighted by Crippen LogP contribution is -2.14. The second-order valence-electron chi connectivity index (χ2n) is 2.54. The molecule has 0 aliphatic rings. The predicted molar refractivity (Wildman–Crippen MR) is 54.7 cm³/mol. The van der Waals surface area contributed by atoms with E-state index in [0.29, 0.717) is 0 Å². The average Bonchev–Trinajstić information content (AvgIpc) is 2.17. The lowest BCUT2D eigenvalue weighted by molar-refractivity contribution is -0.384. The van der Waals surface area contributed by atoms with Crippen LogP contribution in [0.15, 0.2) is 12.1 Å². The molecule has 0 aromatic carbocycles. The van der Waals surface area contributed by atoms with Crippen LogP contribution in [-0.4, -0.2) is 21.7 Å². The van der Waals surface area contributed by atoms with Crippen molar-refractivity contribution in [2.45, 2.75) is 0 Å². The van der Waals surface area contributed by atoms with E-state index in [0.717, 1.165) is 6.07 Å². The molecule has 8 heteroatoms. The number of rotatable bonds is 3. The number of carbonyl (C=O) groups is 1. The molecule has 1 rings (SSSR count). The van der Waals surface area contributed by atoms with Crippen LogP contribution in [-0.2, 0) is 4.79 Å². The van der Waals surface area contributed by atoms with Crippen LogP contribution in [0.25, 0.3) is 0 Å². The van der Waals surface area contributed by atoms with Gasteiger partial charge in [-0.25, -0.2) is 4.98 Å². The second-order valence-corrected chi connectivity index (χ2v) is 2.81. The Morgan fingerprint density at radius 1 is 1.67 bits per heavy atom. The Hall–Kier alpha value is -1.89. The zero-order chi connectivity index (χ0) is 11.4. The summed E-state index contributed by atoms with van der Waals surface area (Å²) < 4.78 is 0. The van der Waals surface area contributed by atoms with E-state index in [2.05, 4.69) is 10.3 Å². The monoisotopic (exact) mass is 230 g/mol. The van der Waals surface area contributed by atoms with Crippen molar-refractivity contribution in [2.24, 2.45) is 0 Å². The molecule has 7 nitrogen and oxygen atoms in total. The van der Waals surface area contributed by atoms with E-state index < -0.39 is 10.8 Å². The van der Waals surface area contributed by atoms with Gasteiger partial charge in [0.05, 0.1) is 4.92 Å². The summed E-state index contributed by atoms with van der Waals surface area (Å²) in [4.78, 5) is 24.2. The van der Waals surface area contributed by atoms with Gasteiger partial charge in [0.25, 0.3) is 0 Å². The number of halogens is 1. The normalized spacial score (nSPS) is 9.67. The molecule has 0 spiro atoms. The molecule has 0 radical (unpaired) electrons. The fourth-order valence-corrected chi connectivity index (χ4v) is 0.935. The lowest BCUT2D eigenvalue weighted by Gasteiger charge is -2.02. The van der Waals surface area contributed by atoms with Gasteiger partial charge < -0.3 is 11.1 Å². The van der Waals surface area contributed by atoms with Crippen LogP contribution in [0.5, 0.6) is 0 Å². The minimum atomic E-state index is -0.657. The summed E-state index contributed by atoms with van der Waals surface area (Å²) in [5, 5.41) is 12.7. The summed E-state index contributed by atoms with van der Waals surface area (Å²) in [6.45, 7) is 0. The Labute approximate surface area is 89.4 Å². The predicted octanol–water partition coefficient (Wildman–Crippen LogP) is 0.749. The van der Waals surface area contributed by atoms with Crippen LogP contribution >= 0.6 is 11.6 Å². The molecular weight excluding hydrogens is 224 g/mol. The number of anilines is 2. The van der Waals surface area contributed by atoms with Crippen LogP contribution in [0.1, 0.15) is 0 Å². The van der Waals surface area contributed by atoms with Crippen molar-refractivity contribution < 1.29 is 9.72 Å². The standard InChI is InChI=1S/C7H7ClN4O3/c8-3-6(13)10-5-2-1-4(12(14)15)7(9)11-5/h1-2H,3H2,(H3,9,10,11,13). The van der Waals surface area contributed by atoms with Crippen LogP contribution in [0.3, 0.4) is 0 Å². The first kappa shape index (κ1) is 11.2. The molecule has 0 unspecified atom stereocenters. The molecule has 80 valence electrons. The number of hydrogen-bond acceptors (Lipinski definition) is 5. The number of nitrogens with one attached hydrogen (secondary N) is 1. The van der Waals surface area contributed by atoms with E-state index in [1.807, 2.05) is 0 Å². The SMILES string of the molecule is Nc1nc(NC(=O)CCl)ccc1[N+](=O)[O-]. The van der Waals surface area contributed by atoms with Crippen molar-refractivity contribution in [2.75, 3.05) is 16.9 Å². The second kappa shape index (κ2) is 4.56. The van der Waals surface area contributed by atoms with Gasteiger partial charge in [0.15, 0.2) is 0 Å². The number of pyridine rings is 1. The summed E-state index contributed by atoms with van der Waals surface area (Å²) in [6, 6.07) is 2.44. The quantitative estimate of drug-likeness (QED) is 0.452. The topological polar surface area (TPSA) is 111 Å². The van der Waals surface area contributed by atoms with E-state index in [9.17, 15) is 14.9 Å². The Morgan fingerprint density at radius 3 is 2.80 bits per heavy atom. The zero-order valence-corrected chi connectivity index (χ0v) is 8.19. The molecule has 0 saturated carbocycles. The molecule has 0 atom stereocenters. The molecule has 0 aliphatic carbocycles. The summed E-state index contributed by atoms with van der Waals surface area (Å²) in [6.07, 6.45) is 0. The summed E-state index contributed by atoms with van der Waals surface area (Å²) in [5.74, 6) is -0.813. The molecule has 0 saturated heterocycles. The lowest BCUT2D eigenvalue weighted by atomic mass is 10.4. The number of nitro groups is 1. The smallest absolute Gasteiger partial charge is 0.311 e. The van der Waals surface area contributed by atoms with Crippen LogP contribution in [0.2, 0.25) is 0 Å². The maximum Gasteiger partial charge on any atom is 0.311 e. The van der Waals surface area contributed by atoms with Crippen molar-refractivity contribution in [1.29, 1.82) is 0 Å². The highest BCUT2D eigenvalue weighted by Gasteiger charge is 2.13. The first-order chi connectivity index (χ1) is 7.04. The summed E-state index contributed by atoms with van der Waals surface area (Å²) >= 11 is 5.24. The Balaban J connectivity index is 2.91. The highest BCUT2D eigenvalue weighted by molar-refractivity contribution is 6.29. The number of nitrogens with two attached hydrogens (primary N) is 1. The highest BCUT2D eigenvalue weighted by Crippen LogP contribution is 2.20. The third-order valence-corrected chi connectivity index (χ3v) is 1.73. The first-order valence-corrected chi connectivity index (χ1v) is 4.34. The molecule has 0 bridgehead atoms. The maximum absolute atomic E-state index is 10.9. The van der Waals surface area contributed by atoms with E-state index >= 15 is 0 Å². The van der Waals surface area contributed by atoms with Crippen LogP contribution < -0.4 is 11.1 Å². The number of carbonyl (C=O) groups excluding carboxylic acids is 1. The van der Waals surface area contributed by atoms with E-state index in [1.54, 1.807) is 0 Å². The molecule has 1 aromatic rings. The fourth-order valence-electron chi connectivity index (χ4n) is 0.868. The molecule has 3 N–H and O–H groups in total. The van der Waals surface area contributed by atoms with Gasteiger partial charge in [-0.1, -0.05) is 0 Å². The molecule has 1 heterocycles. The molecule has 15 heavy (non-hydrogen) atoms. The molecular formula is C7H7ClN4O3. The Kier molecular flexibility index (Phi) is 3.40.